The van der Waals surface area contributed by atoms with Gasteiger partial charge in [0.2, 0.25) is 0 Å². The van der Waals surface area contributed by atoms with Gasteiger partial charge in [-0.3, -0.25) is 19.4 Å². The van der Waals surface area contributed by atoms with E-state index >= 15 is 0 Å². The lowest BCUT2D eigenvalue weighted by Crippen LogP contribution is -2.33. The van der Waals surface area contributed by atoms with Crippen molar-refractivity contribution in [3.05, 3.63) is 27.0 Å². The Labute approximate surface area is 110 Å². The van der Waals surface area contributed by atoms with Crippen LogP contribution in [0.25, 0.3) is 0 Å². The molecule has 0 fully saturated rings. The van der Waals surface area contributed by atoms with Crippen LogP contribution in [0, 0.1) is 0 Å². The van der Waals surface area contributed by atoms with Crippen molar-refractivity contribution in [1.82, 2.24) is 24.7 Å². The average Bonchev–Trinajstić information content (AvgIpc) is 2.36. The Kier molecular flexibility index (Phi) is 3.51. The van der Waals surface area contributed by atoms with Crippen molar-refractivity contribution < 1.29 is 4.74 Å². The number of nitrogens with one attached hydrogen (secondary N) is 1. The molecule has 0 aliphatic heterocycles. The summed E-state index contributed by atoms with van der Waals surface area (Å²) in [6, 6.07) is 0. The molecule has 0 spiro atoms. The Balaban J connectivity index is 2.48. The molecule has 0 saturated carbocycles. The van der Waals surface area contributed by atoms with Crippen LogP contribution in [0.3, 0.4) is 0 Å². The van der Waals surface area contributed by atoms with Crippen LogP contribution in [-0.2, 0) is 7.05 Å². The molecular formula is C9H10N6O3S. The molecule has 0 saturated heterocycles. The number of H-pyrrole nitrogens is 1. The van der Waals surface area contributed by atoms with Gasteiger partial charge in [0, 0.05) is 7.05 Å². The fraction of sp³-hybridized carbons (Fsp3) is 0.222. The SMILES string of the molecule is COc1c(N)ncnc1Sc1nc(=O)c(=O)[nH]n1C. The van der Waals surface area contributed by atoms with E-state index < -0.39 is 11.1 Å². The standard InChI is InChI=1S/C9H10N6O3S/c1-15-9(13-6(16)7(17)14-15)19-8-4(18-2)5(10)11-3-12-8/h3H,1-2H3,(H,14,17)(H2,10,11,12). The second-order valence-electron chi connectivity index (χ2n) is 3.40. The van der Waals surface area contributed by atoms with E-state index in [9.17, 15) is 9.59 Å². The topological polar surface area (TPSA) is 129 Å². The normalized spacial score (nSPS) is 10.4. The molecule has 0 bridgehead atoms. The number of nitrogens with two attached hydrogens (primary N) is 1. The largest absolute Gasteiger partial charge is 0.490 e. The zero-order chi connectivity index (χ0) is 14.0. The zero-order valence-corrected chi connectivity index (χ0v) is 10.9. The predicted molar refractivity (Wildman–Crippen MR) is 67.2 cm³/mol. The minimum absolute atomic E-state index is 0.175. The predicted octanol–water partition coefficient (Wildman–Crippen LogP) is -0.999. The number of anilines is 1. The molecule has 2 heterocycles. The fourth-order valence-electron chi connectivity index (χ4n) is 1.27. The Bertz CT molecular complexity index is 725. The highest BCUT2D eigenvalue weighted by atomic mass is 32.2. The van der Waals surface area contributed by atoms with Crippen molar-refractivity contribution in [2.75, 3.05) is 12.8 Å². The van der Waals surface area contributed by atoms with Crippen molar-refractivity contribution in [2.24, 2.45) is 7.05 Å². The molecule has 0 aliphatic carbocycles. The molecule has 2 rings (SSSR count). The van der Waals surface area contributed by atoms with Crippen LogP contribution in [0.4, 0.5) is 5.82 Å². The molecule has 3 N–H and O–H groups in total. The zero-order valence-electron chi connectivity index (χ0n) is 10.1. The highest BCUT2D eigenvalue weighted by Crippen LogP contribution is 2.33. The van der Waals surface area contributed by atoms with Crippen LogP contribution in [0.2, 0.25) is 0 Å². The monoisotopic (exact) mass is 282 g/mol. The van der Waals surface area contributed by atoms with Crippen LogP contribution in [0.1, 0.15) is 0 Å². The van der Waals surface area contributed by atoms with E-state index in [1.165, 1.54) is 18.1 Å². The van der Waals surface area contributed by atoms with E-state index in [1.54, 1.807) is 7.05 Å². The van der Waals surface area contributed by atoms with Crippen LogP contribution in [0.5, 0.6) is 5.75 Å². The van der Waals surface area contributed by atoms with Crippen LogP contribution in [0.15, 0.2) is 26.1 Å². The van der Waals surface area contributed by atoms with Crippen molar-refractivity contribution in [3.8, 4) is 5.75 Å². The molecule has 0 atom stereocenters. The molecule has 2 aromatic heterocycles. The van der Waals surface area contributed by atoms with Gasteiger partial charge in [0.1, 0.15) is 6.33 Å². The molecular weight excluding hydrogens is 272 g/mol. The van der Waals surface area contributed by atoms with Crippen LogP contribution in [-0.4, -0.2) is 31.8 Å². The molecule has 0 amide bonds. The van der Waals surface area contributed by atoms with Gasteiger partial charge in [-0.25, -0.2) is 9.97 Å². The smallest absolute Gasteiger partial charge is 0.339 e. The summed E-state index contributed by atoms with van der Waals surface area (Å²) < 4.78 is 6.40. The van der Waals surface area contributed by atoms with Gasteiger partial charge in [-0.15, -0.1) is 0 Å². The van der Waals surface area contributed by atoms with E-state index in [4.69, 9.17) is 10.5 Å². The Hall–Kier alpha value is -2.36. The first-order valence-corrected chi connectivity index (χ1v) is 5.84. The lowest BCUT2D eigenvalue weighted by molar-refractivity contribution is 0.401. The van der Waals surface area contributed by atoms with E-state index in [0.29, 0.717) is 5.03 Å². The third-order valence-corrected chi connectivity index (χ3v) is 3.17. The van der Waals surface area contributed by atoms with E-state index in [0.717, 1.165) is 11.8 Å². The number of hydrogen-bond acceptors (Lipinski definition) is 8. The van der Waals surface area contributed by atoms with E-state index in [2.05, 4.69) is 20.1 Å². The minimum Gasteiger partial charge on any atom is -0.490 e. The third kappa shape index (κ3) is 2.57. The van der Waals surface area contributed by atoms with Gasteiger partial charge in [0.25, 0.3) is 0 Å². The molecule has 0 unspecified atom stereocenters. The van der Waals surface area contributed by atoms with Crippen molar-refractivity contribution in [2.45, 2.75) is 10.2 Å². The first-order valence-electron chi connectivity index (χ1n) is 5.02. The van der Waals surface area contributed by atoms with Crippen LogP contribution >= 0.6 is 11.8 Å². The second kappa shape index (κ2) is 5.10. The first kappa shape index (κ1) is 13.1. The second-order valence-corrected chi connectivity index (χ2v) is 4.35. The van der Waals surface area contributed by atoms with Crippen molar-refractivity contribution in [3.63, 3.8) is 0 Å². The number of aromatic amines is 1. The minimum atomic E-state index is -0.874. The van der Waals surface area contributed by atoms with E-state index in [1.807, 2.05) is 0 Å². The summed E-state index contributed by atoms with van der Waals surface area (Å²) in [6.45, 7) is 0. The summed E-state index contributed by atoms with van der Waals surface area (Å²) in [6.07, 6.45) is 1.27. The van der Waals surface area contributed by atoms with Gasteiger partial charge in [0.15, 0.2) is 21.7 Å². The summed E-state index contributed by atoms with van der Waals surface area (Å²) >= 11 is 1.03. The maximum Gasteiger partial charge on any atom is 0.339 e. The summed E-state index contributed by atoms with van der Waals surface area (Å²) in [5.41, 5.74) is 3.98. The fourth-order valence-corrected chi connectivity index (χ4v) is 2.14. The summed E-state index contributed by atoms with van der Waals surface area (Å²) in [4.78, 5) is 33.8. The maximum atomic E-state index is 11.2. The van der Waals surface area contributed by atoms with Gasteiger partial charge in [-0.2, -0.15) is 4.98 Å². The highest BCUT2D eigenvalue weighted by Gasteiger charge is 2.14. The number of nitrogen functional groups attached to an aromatic ring is 1. The summed E-state index contributed by atoms with van der Waals surface area (Å²) in [5, 5.41) is 2.97. The molecule has 0 aromatic carbocycles. The third-order valence-electron chi connectivity index (χ3n) is 2.14. The Morgan fingerprint density at radius 2 is 2.16 bits per heavy atom. The first-order chi connectivity index (χ1) is 9.02. The van der Waals surface area contributed by atoms with Gasteiger partial charge >= 0.3 is 11.1 Å². The highest BCUT2D eigenvalue weighted by molar-refractivity contribution is 7.99. The maximum absolute atomic E-state index is 11.2. The van der Waals surface area contributed by atoms with Gasteiger partial charge in [-0.05, 0) is 11.8 Å². The van der Waals surface area contributed by atoms with Crippen LogP contribution < -0.4 is 21.6 Å². The Morgan fingerprint density at radius 3 is 2.84 bits per heavy atom. The number of nitrogens with zero attached hydrogens (tertiary/aromatic N) is 4. The average molecular weight is 282 g/mol. The summed E-state index contributed by atoms with van der Waals surface area (Å²) in [7, 11) is 2.98. The number of ether oxygens (including phenoxy) is 1. The van der Waals surface area contributed by atoms with Gasteiger partial charge < -0.3 is 10.5 Å². The lowest BCUT2D eigenvalue weighted by atomic mass is 10.5. The molecule has 10 heteroatoms. The molecule has 0 radical (unpaired) electrons. The summed E-state index contributed by atoms with van der Waals surface area (Å²) in [5.74, 6) is 0.461. The molecule has 100 valence electrons. The molecule has 19 heavy (non-hydrogen) atoms. The lowest BCUT2D eigenvalue weighted by Gasteiger charge is -2.09. The van der Waals surface area contributed by atoms with Crippen molar-refractivity contribution in [1.29, 1.82) is 0 Å². The number of methoxy groups -OCH3 is 1. The number of aromatic nitrogens is 5. The quantitative estimate of drug-likeness (QED) is 0.541. The number of rotatable bonds is 3. The molecule has 0 aliphatic rings. The number of hydrogen-bond donors (Lipinski definition) is 2. The van der Waals surface area contributed by atoms with Gasteiger partial charge in [0.05, 0.1) is 7.11 Å². The Morgan fingerprint density at radius 1 is 1.42 bits per heavy atom. The number of aryl methyl sites for hydroxylation is 1. The molecule has 2 aromatic rings. The van der Waals surface area contributed by atoms with Gasteiger partial charge in [-0.1, -0.05) is 0 Å². The van der Waals surface area contributed by atoms with E-state index in [-0.39, 0.29) is 16.7 Å². The molecule has 9 nitrogen and oxygen atoms in total. The van der Waals surface area contributed by atoms with Crippen molar-refractivity contribution >= 4 is 17.6 Å².